The van der Waals surface area contributed by atoms with E-state index >= 15 is 13.2 Å². The number of benzene rings is 3. The zero-order valence-corrected chi connectivity index (χ0v) is 30.7. The molecule has 0 saturated carbocycles. The van der Waals surface area contributed by atoms with Gasteiger partial charge in [0.1, 0.15) is 29.2 Å². The summed E-state index contributed by atoms with van der Waals surface area (Å²) in [6.07, 6.45) is -6.18. The number of halogens is 7. The molecule has 0 bridgehead atoms. The van der Waals surface area contributed by atoms with Gasteiger partial charge in [0.05, 0.1) is 13.1 Å². The Kier molecular flexibility index (Phi) is 10.7. The number of rotatable bonds is 12. The van der Waals surface area contributed by atoms with Crippen LogP contribution in [-0.2, 0) is 32.7 Å². The van der Waals surface area contributed by atoms with Crippen LogP contribution in [0, 0.1) is 11.6 Å². The van der Waals surface area contributed by atoms with E-state index in [0.717, 1.165) is 29.3 Å². The highest BCUT2D eigenvalue weighted by atomic mass is 31.2. The van der Waals surface area contributed by atoms with Gasteiger partial charge in [-0.3, -0.25) is 14.9 Å². The molecule has 2 aliphatic rings. The number of para-hydroxylation sites is 1. The molecule has 4 N–H and O–H groups in total. The van der Waals surface area contributed by atoms with Crippen LogP contribution in [0.5, 0.6) is 0 Å². The highest BCUT2D eigenvalue weighted by molar-refractivity contribution is 7.46. The van der Waals surface area contributed by atoms with Gasteiger partial charge in [-0.2, -0.15) is 27.1 Å². The van der Waals surface area contributed by atoms with Crippen LogP contribution < -0.4 is 15.2 Å². The molecule has 15 nitrogen and oxygen atoms in total. The van der Waals surface area contributed by atoms with E-state index in [2.05, 4.69) is 40.8 Å². The van der Waals surface area contributed by atoms with Crippen LogP contribution in [-0.4, -0.2) is 85.1 Å². The normalized spacial score (nSPS) is 19.2. The van der Waals surface area contributed by atoms with Crippen LogP contribution in [0.1, 0.15) is 16.8 Å². The number of piperazine rings is 1. The summed E-state index contributed by atoms with van der Waals surface area (Å²) >= 11 is 0. The molecule has 2 aromatic heterocycles. The SMILES string of the molecule is O=P(O)(O)OC(C(F)(F)F)C1(c2ccc(N3CCN(c4ccccc4-c4cccnc4C(F)(F)C(O)(Cn4cnnn4)c4ccc(F)cc4F)CC3)cc2)CN=NN1. The number of tetrazole rings is 1. The summed E-state index contributed by atoms with van der Waals surface area (Å²) in [7, 11) is -5.61. The van der Waals surface area contributed by atoms with E-state index in [1.165, 1.54) is 36.4 Å². The second-order valence-corrected chi connectivity index (χ2v) is 14.7. The summed E-state index contributed by atoms with van der Waals surface area (Å²) < 4.78 is 122. The third-order valence-electron chi connectivity index (χ3n) is 9.97. The van der Waals surface area contributed by atoms with E-state index in [-0.39, 0.29) is 11.1 Å². The van der Waals surface area contributed by atoms with Crippen molar-refractivity contribution in [2.24, 2.45) is 10.3 Å². The average molecular weight is 837 g/mol. The summed E-state index contributed by atoms with van der Waals surface area (Å²) in [4.78, 5) is 26.4. The zero-order chi connectivity index (χ0) is 41.5. The monoisotopic (exact) mass is 836 g/mol. The first-order chi connectivity index (χ1) is 27.4. The average Bonchev–Trinajstić information content (AvgIpc) is 3.90. The van der Waals surface area contributed by atoms with E-state index in [9.17, 15) is 37.0 Å². The first kappa shape index (κ1) is 40.6. The molecule has 23 heteroatoms. The summed E-state index contributed by atoms with van der Waals surface area (Å²) in [6.45, 7) is -0.266. The van der Waals surface area contributed by atoms with Gasteiger partial charge in [-0.15, -0.1) is 5.10 Å². The van der Waals surface area contributed by atoms with Crippen molar-refractivity contribution in [3.63, 3.8) is 0 Å². The number of aliphatic hydroxyl groups is 1. The van der Waals surface area contributed by atoms with E-state index < -0.39 is 73.1 Å². The molecule has 0 radical (unpaired) electrons. The number of hydrogen-bond donors (Lipinski definition) is 4. The lowest BCUT2D eigenvalue weighted by molar-refractivity contribution is -0.221. The lowest BCUT2D eigenvalue weighted by atomic mass is 9.82. The van der Waals surface area contributed by atoms with Crippen molar-refractivity contribution in [3.8, 4) is 11.1 Å². The molecule has 3 atom stereocenters. The van der Waals surface area contributed by atoms with Gasteiger partial charge in [0.15, 0.2) is 11.7 Å². The number of aromatic nitrogens is 5. The molecule has 1 saturated heterocycles. The standard InChI is InChI=1S/C35H32F7N10O5P/c36-23-9-12-27(28(37)18-23)33(53,20-52-21-45-48-49-52)34(38,39)30-26(5-3-13-43-30)25-4-1-2-6-29(25)51-16-14-50(15-17-51)24-10-7-22(8-11-24)32(19-44-47-46-32)31(35(40,41)42)57-58(54,55)56/h1-13,18,21,31,53H,14-17,19-20H2,(H,44,46)(H2,54,55,56). The number of hydrogen-bond acceptors (Lipinski definition) is 12. The van der Waals surface area contributed by atoms with Crippen LogP contribution in [0.25, 0.3) is 11.1 Å². The van der Waals surface area contributed by atoms with Crippen LogP contribution in [0.3, 0.4) is 0 Å². The molecule has 0 amide bonds. The molecule has 2 aliphatic heterocycles. The molecule has 0 aliphatic carbocycles. The molecule has 3 aromatic carbocycles. The van der Waals surface area contributed by atoms with E-state index in [4.69, 9.17) is 0 Å². The van der Waals surface area contributed by atoms with Crippen molar-refractivity contribution < 1.29 is 54.7 Å². The van der Waals surface area contributed by atoms with Gasteiger partial charge in [0.2, 0.25) is 0 Å². The Morgan fingerprint density at radius 1 is 0.897 bits per heavy atom. The van der Waals surface area contributed by atoms with Crippen molar-refractivity contribution in [2.75, 3.05) is 42.5 Å². The Morgan fingerprint density at radius 3 is 2.21 bits per heavy atom. The van der Waals surface area contributed by atoms with Crippen molar-refractivity contribution in [2.45, 2.75) is 35.9 Å². The molecule has 1 fully saturated rings. The summed E-state index contributed by atoms with van der Waals surface area (Å²) in [5.74, 6) is -6.82. The summed E-state index contributed by atoms with van der Waals surface area (Å²) in [6, 6.07) is 17.1. The fraction of sp³-hybridized carbons (Fsp3) is 0.314. The van der Waals surface area contributed by atoms with Crippen LogP contribution >= 0.6 is 7.82 Å². The van der Waals surface area contributed by atoms with Gasteiger partial charge in [-0.1, -0.05) is 41.6 Å². The third-order valence-corrected chi connectivity index (χ3v) is 10.5. The largest absolute Gasteiger partial charge is 0.470 e. The number of anilines is 2. The van der Waals surface area contributed by atoms with Crippen LogP contribution in [0.15, 0.2) is 102 Å². The number of alkyl halides is 5. The predicted octanol–water partition coefficient (Wildman–Crippen LogP) is 5.23. The molecule has 7 rings (SSSR count). The van der Waals surface area contributed by atoms with Crippen molar-refractivity contribution in [1.29, 1.82) is 0 Å². The number of phosphoric acid groups is 1. The van der Waals surface area contributed by atoms with E-state index in [0.29, 0.717) is 49.2 Å². The minimum absolute atomic E-state index is 0.0410. The second-order valence-electron chi connectivity index (χ2n) is 13.5. The molecule has 4 heterocycles. The Hall–Kier alpha value is -5.54. The fourth-order valence-corrected chi connectivity index (χ4v) is 7.78. The Morgan fingerprint density at radius 2 is 1.59 bits per heavy atom. The van der Waals surface area contributed by atoms with Crippen molar-refractivity contribution >= 4 is 19.2 Å². The van der Waals surface area contributed by atoms with Crippen LogP contribution in [0.2, 0.25) is 0 Å². The lowest BCUT2D eigenvalue weighted by Gasteiger charge is -2.39. The topological polar surface area (TPSA) is 187 Å². The van der Waals surface area contributed by atoms with Gasteiger partial charge in [0.25, 0.3) is 0 Å². The number of nitrogens with one attached hydrogen (secondary N) is 1. The Balaban J connectivity index is 1.15. The molecular weight excluding hydrogens is 804 g/mol. The van der Waals surface area contributed by atoms with Gasteiger partial charge in [-0.25, -0.2) is 18.0 Å². The lowest BCUT2D eigenvalue weighted by Crippen LogP contribution is -2.56. The molecule has 306 valence electrons. The quantitative estimate of drug-likeness (QED) is 0.0950. The maximum Gasteiger partial charge on any atom is 0.470 e. The zero-order valence-electron chi connectivity index (χ0n) is 29.8. The Labute approximate surface area is 324 Å². The van der Waals surface area contributed by atoms with Crippen molar-refractivity contribution in [3.05, 3.63) is 120 Å². The number of phosphoric ester groups is 1. The highest BCUT2D eigenvalue weighted by Crippen LogP contribution is 2.51. The smallest absolute Gasteiger partial charge is 0.377 e. The van der Waals surface area contributed by atoms with Gasteiger partial charge in [0, 0.05) is 66.5 Å². The minimum atomic E-state index is -5.61. The third kappa shape index (κ3) is 7.72. The van der Waals surface area contributed by atoms with Gasteiger partial charge in [-0.05, 0) is 52.4 Å². The maximum atomic E-state index is 17.1. The van der Waals surface area contributed by atoms with Gasteiger partial charge < -0.3 is 24.7 Å². The maximum absolute atomic E-state index is 17.1. The predicted molar refractivity (Wildman–Crippen MR) is 190 cm³/mol. The fourth-order valence-electron chi connectivity index (χ4n) is 7.21. The van der Waals surface area contributed by atoms with Crippen LogP contribution in [0.4, 0.5) is 42.1 Å². The number of nitrogens with zero attached hydrogens (tertiary/aromatic N) is 9. The van der Waals surface area contributed by atoms with E-state index in [1.807, 2.05) is 9.80 Å². The first-order valence-electron chi connectivity index (χ1n) is 17.3. The molecule has 0 spiro atoms. The number of pyridine rings is 1. The van der Waals surface area contributed by atoms with Crippen molar-refractivity contribution in [1.82, 2.24) is 30.6 Å². The first-order valence-corrected chi connectivity index (χ1v) is 18.8. The molecule has 3 unspecified atom stereocenters. The highest BCUT2D eigenvalue weighted by Gasteiger charge is 2.61. The van der Waals surface area contributed by atoms with Gasteiger partial charge >= 0.3 is 19.9 Å². The molecule has 5 aromatic rings. The van der Waals surface area contributed by atoms with E-state index in [1.54, 1.807) is 24.3 Å². The second kappa shape index (κ2) is 15.3. The molecular formula is C35H32F7N10O5P. The molecule has 58 heavy (non-hydrogen) atoms. The Bertz CT molecular complexity index is 2320. The minimum Gasteiger partial charge on any atom is -0.377 e. The summed E-state index contributed by atoms with van der Waals surface area (Å²) in [5.41, 5.74) is -3.94. The summed E-state index contributed by atoms with van der Waals surface area (Å²) in [5, 5.41) is 29.3.